The monoisotopic (exact) mass is 368 g/mol. The fraction of sp³-hybridized carbons (Fsp3) is 0.300. The minimum absolute atomic E-state index is 0.0236. The summed E-state index contributed by atoms with van der Waals surface area (Å²) >= 11 is 6.37. The van der Waals surface area contributed by atoms with E-state index in [-0.39, 0.29) is 11.9 Å². The van der Waals surface area contributed by atoms with Crippen LogP contribution in [-0.4, -0.2) is 40.0 Å². The summed E-state index contributed by atoms with van der Waals surface area (Å²) < 4.78 is 2.04. The van der Waals surface area contributed by atoms with Crippen LogP contribution >= 0.6 is 11.6 Å². The van der Waals surface area contributed by atoms with E-state index in [1.54, 1.807) is 6.33 Å². The van der Waals surface area contributed by atoms with Gasteiger partial charge in [0.15, 0.2) is 0 Å². The van der Waals surface area contributed by atoms with Crippen molar-refractivity contribution in [2.45, 2.75) is 19.0 Å². The molecule has 134 valence electrons. The number of fused-ring (bicyclic) bond motifs is 1. The van der Waals surface area contributed by atoms with Gasteiger partial charge in [0.1, 0.15) is 0 Å². The summed E-state index contributed by atoms with van der Waals surface area (Å²) in [6.07, 6.45) is 2.25. The first kappa shape index (κ1) is 17.1. The maximum absolute atomic E-state index is 12.9. The van der Waals surface area contributed by atoms with Gasteiger partial charge in [-0.3, -0.25) is 4.79 Å². The van der Waals surface area contributed by atoms with Crippen LogP contribution in [0.5, 0.6) is 0 Å². The molecule has 1 amide bonds. The summed E-state index contributed by atoms with van der Waals surface area (Å²) in [5, 5.41) is 4.08. The standard InChI is InChI=1S/C20H21ClN4O/c21-16-6-2-1-5-15(16)19-13-22-10-12-25(19)20(26)9-11-24-14-23-17-7-3-4-8-18(17)24/h1-8,14,19,22H,9-13H2. The van der Waals surface area contributed by atoms with Gasteiger partial charge in [0, 0.05) is 37.6 Å². The molecule has 1 aromatic heterocycles. The van der Waals surface area contributed by atoms with Crippen molar-refractivity contribution in [2.24, 2.45) is 0 Å². The molecule has 6 heteroatoms. The predicted octanol–water partition coefficient (Wildman–Crippen LogP) is 3.25. The normalized spacial score (nSPS) is 17.6. The van der Waals surface area contributed by atoms with E-state index in [1.807, 2.05) is 58.0 Å². The van der Waals surface area contributed by atoms with Crippen molar-refractivity contribution in [3.63, 3.8) is 0 Å². The molecule has 0 bridgehead atoms. The van der Waals surface area contributed by atoms with Gasteiger partial charge in [0.2, 0.25) is 5.91 Å². The number of hydrogen-bond donors (Lipinski definition) is 1. The smallest absolute Gasteiger partial charge is 0.224 e. The predicted molar refractivity (Wildman–Crippen MR) is 103 cm³/mol. The van der Waals surface area contributed by atoms with E-state index < -0.39 is 0 Å². The third-order valence-electron chi connectivity index (χ3n) is 4.92. The van der Waals surface area contributed by atoms with E-state index >= 15 is 0 Å². The highest BCUT2D eigenvalue weighted by Crippen LogP contribution is 2.29. The van der Waals surface area contributed by atoms with E-state index in [2.05, 4.69) is 10.3 Å². The van der Waals surface area contributed by atoms with E-state index in [1.165, 1.54) is 0 Å². The van der Waals surface area contributed by atoms with E-state index in [0.717, 1.165) is 29.7 Å². The fourth-order valence-electron chi connectivity index (χ4n) is 3.57. The topological polar surface area (TPSA) is 50.2 Å². The first-order valence-corrected chi connectivity index (χ1v) is 9.26. The van der Waals surface area contributed by atoms with Crippen molar-refractivity contribution in [2.75, 3.05) is 19.6 Å². The van der Waals surface area contributed by atoms with Gasteiger partial charge in [-0.1, -0.05) is 41.9 Å². The molecule has 1 aliphatic heterocycles. The minimum atomic E-state index is -0.0236. The van der Waals surface area contributed by atoms with Gasteiger partial charge in [-0.05, 0) is 23.8 Å². The molecule has 5 nitrogen and oxygen atoms in total. The molecule has 1 fully saturated rings. The molecule has 26 heavy (non-hydrogen) atoms. The van der Waals surface area contributed by atoms with Crippen molar-refractivity contribution in [3.8, 4) is 0 Å². The lowest BCUT2D eigenvalue weighted by Crippen LogP contribution is -2.48. The molecule has 0 aliphatic carbocycles. The minimum Gasteiger partial charge on any atom is -0.333 e. The maximum atomic E-state index is 12.9. The number of aromatic nitrogens is 2. The Kier molecular flexibility index (Phi) is 4.91. The van der Waals surface area contributed by atoms with Crippen LogP contribution in [0.25, 0.3) is 11.0 Å². The van der Waals surface area contributed by atoms with Crippen LogP contribution in [0.3, 0.4) is 0 Å². The summed E-state index contributed by atoms with van der Waals surface area (Å²) in [6.45, 7) is 2.85. The van der Waals surface area contributed by atoms with Crippen LogP contribution in [0.4, 0.5) is 0 Å². The average Bonchev–Trinajstić information content (AvgIpc) is 3.10. The first-order chi connectivity index (χ1) is 12.7. The highest BCUT2D eigenvalue weighted by Gasteiger charge is 2.28. The second kappa shape index (κ2) is 7.48. The summed E-state index contributed by atoms with van der Waals surface area (Å²) in [6, 6.07) is 15.7. The van der Waals surface area contributed by atoms with Crippen molar-refractivity contribution in [3.05, 3.63) is 65.4 Å². The van der Waals surface area contributed by atoms with Gasteiger partial charge in [-0.2, -0.15) is 0 Å². The zero-order valence-corrected chi connectivity index (χ0v) is 15.2. The number of carbonyl (C=O) groups is 1. The van der Waals surface area contributed by atoms with Crippen molar-refractivity contribution in [1.82, 2.24) is 19.8 Å². The molecular formula is C20H21ClN4O. The summed E-state index contributed by atoms with van der Waals surface area (Å²) in [5.74, 6) is 0.147. The lowest BCUT2D eigenvalue weighted by Gasteiger charge is -2.37. The number of benzene rings is 2. The Morgan fingerprint density at radius 3 is 2.88 bits per heavy atom. The van der Waals surface area contributed by atoms with Gasteiger partial charge in [-0.25, -0.2) is 4.98 Å². The number of amides is 1. The van der Waals surface area contributed by atoms with Crippen molar-refractivity contribution < 1.29 is 4.79 Å². The Balaban J connectivity index is 1.50. The zero-order valence-electron chi connectivity index (χ0n) is 14.4. The number of nitrogens with one attached hydrogen (secondary N) is 1. The summed E-state index contributed by atoms with van der Waals surface area (Å²) in [7, 11) is 0. The Morgan fingerprint density at radius 2 is 2.00 bits per heavy atom. The second-order valence-corrected chi connectivity index (χ2v) is 6.91. The molecule has 1 unspecified atom stereocenters. The van der Waals surface area contributed by atoms with Crippen LogP contribution in [0.15, 0.2) is 54.9 Å². The summed E-state index contributed by atoms with van der Waals surface area (Å²) in [4.78, 5) is 19.3. The molecule has 2 heterocycles. The molecule has 1 N–H and O–H groups in total. The maximum Gasteiger partial charge on any atom is 0.224 e. The quantitative estimate of drug-likeness (QED) is 0.769. The van der Waals surface area contributed by atoms with Crippen LogP contribution in [0, 0.1) is 0 Å². The van der Waals surface area contributed by atoms with E-state index in [4.69, 9.17) is 11.6 Å². The van der Waals surface area contributed by atoms with Crippen LogP contribution in [-0.2, 0) is 11.3 Å². The first-order valence-electron chi connectivity index (χ1n) is 8.88. The van der Waals surface area contributed by atoms with Gasteiger partial charge in [0.05, 0.1) is 23.4 Å². The number of imidazole rings is 1. The van der Waals surface area contributed by atoms with Gasteiger partial charge >= 0.3 is 0 Å². The number of carbonyl (C=O) groups excluding carboxylic acids is 1. The highest BCUT2D eigenvalue weighted by molar-refractivity contribution is 6.31. The Labute approximate surface area is 157 Å². The van der Waals surface area contributed by atoms with Crippen LogP contribution < -0.4 is 5.32 Å². The second-order valence-electron chi connectivity index (χ2n) is 6.51. The molecule has 0 radical (unpaired) electrons. The van der Waals surface area contributed by atoms with Crippen LogP contribution in [0.2, 0.25) is 5.02 Å². The number of para-hydroxylation sites is 2. The van der Waals surface area contributed by atoms with E-state index in [9.17, 15) is 4.79 Å². The highest BCUT2D eigenvalue weighted by atomic mass is 35.5. The molecule has 2 aromatic carbocycles. The van der Waals surface area contributed by atoms with Crippen LogP contribution in [0.1, 0.15) is 18.0 Å². The number of piperazine rings is 1. The Hall–Kier alpha value is -2.37. The van der Waals surface area contributed by atoms with E-state index in [0.29, 0.717) is 24.5 Å². The zero-order chi connectivity index (χ0) is 17.9. The lowest BCUT2D eigenvalue weighted by atomic mass is 10.0. The number of halogens is 1. The SMILES string of the molecule is O=C(CCn1cnc2ccccc21)N1CCNCC1c1ccccc1Cl. The Morgan fingerprint density at radius 1 is 1.19 bits per heavy atom. The number of nitrogens with zero attached hydrogens (tertiary/aromatic N) is 3. The largest absolute Gasteiger partial charge is 0.333 e. The molecule has 0 spiro atoms. The van der Waals surface area contributed by atoms with Crippen molar-refractivity contribution >= 4 is 28.5 Å². The lowest BCUT2D eigenvalue weighted by molar-refractivity contribution is -0.134. The third kappa shape index (κ3) is 3.32. The fourth-order valence-corrected chi connectivity index (χ4v) is 3.84. The van der Waals surface area contributed by atoms with Gasteiger partial charge < -0.3 is 14.8 Å². The molecule has 0 saturated carbocycles. The Bertz CT molecular complexity index is 923. The van der Waals surface area contributed by atoms with Gasteiger partial charge in [0.25, 0.3) is 0 Å². The molecule has 1 saturated heterocycles. The molecule has 3 aromatic rings. The van der Waals surface area contributed by atoms with Gasteiger partial charge in [-0.15, -0.1) is 0 Å². The molecular weight excluding hydrogens is 348 g/mol. The number of rotatable bonds is 4. The molecule has 4 rings (SSSR count). The number of aryl methyl sites for hydroxylation is 1. The summed E-state index contributed by atoms with van der Waals surface area (Å²) in [5.41, 5.74) is 3.02. The van der Waals surface area contributed by atoms with Crippen molar-refractivity contribution in [1.29, 1.82) is 0 Å². The average molecular weight is 369 g/mol. The molecule has 1 atom stereocenters. The molecule has 1 aliphatic rings. The number of hydrogen-bond acceptors (Lipinski definition) is 3. The third-order valence-corrected chi connectivity index (χ3v) is 5.27.